The summed E-state index contributed by atoms with van der Waals surface area (Å²) in [6.45, 7) is 0. The normalized spacial score (nSPS) is 8.31. The predicted octanol–water partition coefficient (Wildman–Crippen LogP) is 1.89. The highest BCUT2D eigenvalue weighted by molar-refractivity contribution is 5.18. The first-order chi connectivity index (χ1) is 6.39. The number of pyridine rings is 1. The number of H-pyrrole nitrogens is 1. The minimum atomic E-state index is 0.322. The van der Waals surface area contributed by atoms with Crippen LogP contribution in [0.15, 0.2) is 60.9 Å². The lowest BCUT2D eigenvalue weighted by atomic mass is 10.3. The van der Waals surface area contributed by atoms with Gasteiger partial charge in [0.2, 0.25) is 0 Å². The average molecular weight is 174 g/mol. The molecule has 2 N–H and O–H groups in total. The Morgan fingerprint density at radius 1 is 0.769 bits per heavy atom. The minimum Gasteiger partial charge on any atom is -0.508 e. The van der Waals surface area contributed by atoms with Crippen molar-refractivity contribution in [2.24, 2.45) is 0 Å². The number of para-hydroxylation sites is 1. The second-order valence-electron chi connectivity index (χ2n) is 2.41. The van der Waals surface area contributed by atoms with E-state index in [1.54, 1.807) is 24.3 Å². The van der Waals surface area contributed by atoms with Crippen molar-refractivity contribution in [3.8, 4) is 5.75 Å². The fourth-order valence-electron chi connectivity index (χ4n) is 0.770. The highest BCUT2D eigenvalue weighted by Gasteiger charge is 1.74. The lowest BCUT2D eigenvalue weighted by Crippen LogP contribution is -1.93. The number of rotatable bonds is 0. The highest BCUT2D eigenvalue weighted by atomic mass is 16.3. The van der Waals surface area contributed by atoms with E-state index in [-0.39, 0.29) is 0 Å². The van der Waals surface area contributed by atoms with E-state index in [2.05, 4.69) is 4.98 Å². The van der Waals surface area contributed by atoms with Crippen molar-refractivity contribution in [1.82, 2.24) is 0 Å². The summed E-state index contributed by atoms with van der Waals surface area (Å²) < 4.78 is 0. The van der Waals surface area contributed by atoms with E-state index >= 15 is 0 Å². The third-order valence-electron chi connectivity index (χ3n) is 1.36. The van der Waals surface area contributed by atoms with Gasteiger partial charge in [-0.05, 0) is 12.1 Å². The van der Waals surface area contributed by atoms with Gasteiger partial charge in [-0.25, -0.2) is 4.98 Å². The van der Waals surface area contributed by atoms with Crippen LogP contribution in [0, 0.1) is 0 Å². The Labute approximate surface area is 77.5 Å². The third kappa shape index (κ3) is 4.58. The first-order valence-electron chi connectivity index (χ1n) is 4.04. The van der Waals surface area contributed by atoms with E-state index in [1.807, 2.05) is 36.7 Å². The van der Waals surface area contributed by atoms with Crippen molar-refractivity contribution >= 4 is 0 Å². The molecule has 0 radical (unpaired) electrons. The van der Waals surface area contributed by atoms with Gasteiger partial charge in [-0.1, -0.05) is 24.3 Å². The first kappa shape index (κ1) is 9.26. The topological polar surface area (TPSA) is 34.4 Å². The number of hydrogen-bond acceptors (Lipinski definition) is 1. The van der Waals surface area contributed by atoms with E-state index in [0.29, 0.717) is 5.75 Å². The van der Waals surface area contributed by atoms with Crippen molar-refractivity contribution in [3.05, 3.63) is 60.9 Å². The molecule has 0 bridgehead atoms. The van der Waals surface area contributed by atoms with Crippen LogP contribution in [0.1, 0.15) is 0 Å². The molecule has 0 aliphatic rings. The zero-order chi connectivity index (χ0) is 9.36. The van der Waals surface area contributed by atoms with Crippen LogP contribution in [0.5, 0.6) is 5.75 Å². The molecular weight excluding hydrogens is 162 g/mol. The lowest BCUT2D eigenvalue weighted by molar-refractivity contribution is -0.377. The summed E-state index contributed by atoms with van der Waals surface area (Å²) >= 11 is 0. The Morgan fingerprint density at radius 2 is 1.31 bits per heavy atom. The monoisotopic (exact) mass is 174 g/mol. The molecule has 2 aromatic rings. The minimum absolute atomic E-state index is 0.322. The van der Waals surface area contributed by atoms with Crippen molar-refractivity contribution in [3.63, 3.8) is 0 Å². The van der Waals surface area contributed by atoms with Gasteiger partial charge in [0, 0.05) is 12.1 Å². The Morgan fingerprint density at radius 3 is 1.54 bits per heavy atom. The molecule has 1 heterocycles. The number of aromatic hydroxyl groups is 1. The second kappa shape index (κ2) is 5.77. The molecule has 1 aromatic carbocycles. The average Bonchev–Trinajstić information content (AvgIpc) is 2.22. The van der Waals surface area contributed by atoms with Gasteiger partial charge >= 0.3 is 0 Å². The summed E-state index contributed by atoms with van der Waals surface area (Å²) in [6.07, 6.45) is 3.75. The van der Waals surface area contributed by atoms with Crippen molar-refractivity contribution in [1.29, 1.82) is 0 Å². The standard InChI is InChI=1S/C6H6O.C5H5N/c7-6-4-2-1-3-5-6;1-2-4-6-5-3-1/h1-5,7H;1-5H/p+1. The Hall–Kier alpha value is -1.83. The van der Waals surface area contributed by atoms with E-state index < -0.39 is 0 Å². The zero-order valence-electron chi connectivity index (χ0n) is 7.22. The maximum atomic E-state index is 8.63. The van der Waals surface area contributed by atoms with Crippen LogP contribution in [-0.2, 0) is 0 Å². The molecule has 66 valence electrons. The predicted molar refractivity (Wildman–Crippen MR) is 51.1 cm³/mol. The number of aromatic amines is 1. The molecule has 0 aliphatic carbocycles. The van der Waals surface area contributed by atoms with Crippen LogP contribution in [0.2, 0.25) is 0 Å². The quantitative estimate of drug-likeness (QED) is 0.650. The fourth-order valence-corrected chi connectivity index (χ4v) is 0.770. The Kier molecular flexibility index (Phi) is 4.11. The molecule has 0 atom stereocenters. The molecule has 0 unspecified atom stereocenters. The van der Waals surface area contributed by atoms with Gasteiger partial charge in [0.25, 0.3) is 0 Å². The summed E-state index contributed by atoms with van der Waals surface area (Å²) in [5.74, 6) is 0.322. The fraction of sp³-hybridized carbons (Fsp3) is 0. The second-order valence-corrected chi connectivity index (χ2v) is 2.41. The summed E-state index contributed by atoms with van der Waals surface area (Å²) in [5, 5.41) is 8.63. The molecule has 13 heavy (non-hydrogen) atoms. The van der Waals surface area contributed by atoms with Crippen LogP contribution in [0.4, 0.5) is 0 Å². The molecule has 0 fully saturated rings. The molecule has 2 rings (SSSR count). The van der Waals surface area contributed by atoms with Crippen LogP contribution in [0.3, 0.4) is 0 Å². The van der Waals surface area contributed by atoms with Gasteiger partial charge in [0.05, 0.1) is 0 Å². The van der Waals surface area contributed by atoms with E-state index in [0.717, 1.165) is 0 Å². The summed E-state index contributed by atoms with van der Waals surface area (Å²) in [6, 6.07) is 14.6. The number of phenols is 1. The SMILES string of the molecule is Oc1ccccc1.c1cc[nH+]cc1. The maximum absolute atomic E-state index is 8.63. The molecule has 2 heteroatoms. The van der Waals surface area contributed by atoms with Crippen LogP contribution in [-0.4, -0.2) is 5.11 Å². The summed E-state index contributed by atoms with van der Waals surface area (Å²) in [5.41, 5.74) is 0. The highest BCUT2D eigenvalue weighted by Crippen LogP contribution is 2.02. The van der Waals surface area contributed by atoms with E-state index in [9.17, 15) is 0 Å². The number of aromatic nitrogens is 1. The molecule has 2 nitrogen and oxygen atoms in total. The first-order valence-corrected chi connectivity index (χ1v) is 4.04. The van der Waals surface area contributed by atoms with Crippen LogP contribution in [0.25, 0.3) is 0 Å². The molecule has 0 aliphatic heterocycles. The van der Waals surface area contributed by atoms with Gasteiger partial charge in [-0.2, -0.15) is 0 Å². The smallest absolute Gasteiger partial charge is 0.166 e. The maximum Gasteiger partial charge on any atom is 0.166 e. The molecule has 0 saturated heterocycles. The Balaban J connectivity index is 0.000000132. The molecular formula is C11H12NO+. The van der Waals surface area contributed by atoms with Crippen molar-refractivity contribution in [2.75, 3.05) is 0 Å². The van der Waals surface area contributed by atoms with E-state index in [4.69, 9.17) is 5.11 Å². The van der Waals surface area contributed by atoms with Gasteiger partial charge in [0.15, 0.2) is 12.4 Å². The molecule has 1 aromatic heterocycles. The number of hydrogen-bond donors (Lipinski definition) is 1. The van der Waals surface area contributed by atoms with Gasteiger partial charge in [-0.15, -0.1) is 0 Å². The van der Waals surface area contributed by atoms with Gasteiger partial charge in [-0.3, -0.25) is 0 Å². The number of phenolic OH excluding ortho intramolecular Hbond substituents is 1. The number of nitrogens with one attached hydrogen (secondary N) is 1. The van der Waals surface area contributed by atoms with Crippen LogP contribution < -0.4 is 4.98 Å². The van der Waals surface area contributed by atoms with Gasteiger partial charge < -0.3 is 5.11 Å². The lowest BCUT2D eigenvalue weighted by Gasteiger charge is -1.82. The largest absolute Gasteiger partial charge is 0.508 e. The summed E-state index contributed by atoms with van der Waals surface area (Å²) in [4.78, 5) is 2.89. The Bertz CT molecular complexity index is 281. The van der Waals surface area contributed by atoms with Crippen molar-refractivity contribution < 1.29 is 10.1 Å². The third-order valence-corrected chi connectivity index (χ3v) is 1.36. The van der Waals surface area contributed by atoms with E-state index in [1.165, 1.54) is 0 Å². The van der Waals surface area contributed by atoms with Crippen LogP contribution >= 0.6 is 0 Å². The molecule has 0 saturated carbocycles. The van der Waals surface area contributed by atoms with Gasteiger partial charge in [0.1, 0.15) is 5.75 Å². The van der Waals surface area contributed by atoms with Crippen molar-refractivity contribution in [2.45, 2.75) is 0 Å². The number of benzene rings is 1. The molecule has 0 spiro atoms. The zero-order valence-corrected chi connectivity index (χ0v) is 7.22. The molecule has 0 amide bonds. The summed E-state index contributed by atoms with van der Waals surface area (Å²) in [7, 11) is 0.